The summed E-state index contributed by atoms with van der Waals surface area (Å²) in [5.74, 6) is -1.96. The lowest BCUT2D eigenvalue weighted by molar-refractivity contribution is -0.138. The van der Waals surface area contributed by atoms with Gasteiger partial charge in [0.2, 0.25) is 11.8 Å². The van der Waals surface area contributed by atoms with Gasteiger partial charge in [-0.25, -0.2) is 0 Å². The van der Waals surface area contributed by atoms with E-state index < -0.39 is 28.7 Å². The second-order valence-electron chi connectivity index (χ2n) is 6.49. The van der Waals surface area contributed by atoms with E-state index in [4.69, 9.17) is 9.84 Å². The zero-order chi connectivity index (χ0) is 20.3. The van der Waals surface area contributed by atoms with Gasteiger partial charge in [-0.3, -0.25) is 28.7 Å². The molecule has 3 amide bonds. The largest absolute Gasteiger partial charge is 0.481 e. The van der Waals surface area contributed by atoms with Crippen LogP contribution in [-0.4, -0.2) is 62.9 Å². The summed E-state index contributed by atoms with van der Waals surface area (Å²) in [4.78, 5) is 48.6. The SMILES string of the molecule is O=C(O)CCOCCS(=O)c1cccc2c1CN(C1CCC(=O)NC1=O)C2=O. The third-order valence-electron chi connectivity index (χ3n) is 4.66. The Hall–Kier alpha value is -2.59. The summed E-state index contributed by atoms with van der Waals surface area (Å²) >= 11 is 0. The van der Waals surface area contributed by atoms with Crippen molar-refractivity contribution in [2.24, 2.45) is 0 Å². The molecule has 1 fully saturated rings. The highest BCUT2D eigenvalue weighted by Gasteiger charge is 2.40. The molecule has 3 rings (SSSR count). The van der Waals surface area contributed by atoms with Gasteiger partial charge in [0, 0.05) is 29.0 Å². The number of nitrogens with zero attached hydrogens (tertiary/aromatic N) is 1. The Balaban J connectivity index is 1.68. The van der Waals surface area contributed by atoms with Gasteiger partial charge in [0.25, 0.3) is 5.91 Å². The van der Waals surface area contributed by atoms with Gasteiger partial charge in [0.05, 0.1) is 36.2 Å². The molecule has 0 aromatic heterocycles. The van der Waals surface area contributed by atoms with Crippen LogP contribution in [0.15, 0.2) is 23.1 Å². The van der Waals surface area contributed by atoms with Crippen molar-refractivity contribution in [3.63, 3.8) is 0 Å². The van der Waals surface area contributed by atoms with Crippen LogP contribution in [0.2, 0.25) is 0 Å². The van der Waals surface area contributed by atoms with Crippen molar-refractivity contribution in [3.05, 3.63) is 29.3 Å². The van der Waals surface area contributed by atoms with E-state index in [1.807, 2.05) is 0 Å². The molecule has 28 heavy (non-hydrogen) atoms. The number of fused-ring (bicyclic) bond motifs is 1. The fraction of sp³-hybridized carbons (Fsp3) is 0.444. The monoisotopic (exact) mass is 408 g/mol. The average molecular weight is 408 g/mol. The molecule has 0 radical (unpaired) electrons. The summed E-state index contributed by atoms with van der Waals surface area (Å²) in [6.07, 6.45) is 0.312. The number of carboxylic acids is 1. The van der Waals surface area contributed by atoms with E-state index in [2.05, 4.69) is 5.32 Å². The normalized spacial score (nSPS) is 20.1. The van der Waals surface area contributed by atoms with Gasteiger partial charge in [-0.2, -0.15) is 0 Å². The molecular weight excluding hydrogens is 388 g/mol. The molecule has 0 bridgehead atoms. The third kappa shape index (κ3) is 4.28. The van der Waals surface area contributed by atoms with Crippen LogP contribution in [0.5, 0.6) is 0 Å². The predicted molar refractivity (Wildman–Crippen MR) is 96.8 cm³/mol. The molecule has 10 heteroatoms. The number of rotatable bonds is 8. The van der Waals surface area contributed by atoms with Crippen molar-refractivity contribution in [1.82, 2.24) is 10.2 Å². The first kappa shape index (κ1) is 20.2. The van der Waals surface area contributed by atoms with Crippen LogP contribution in [0.25, 0.3) is 0 Å². The number of carbonyl (C=O) groups excluding carboxylic acids is 3. The number of piperidine rings is 1. The summed E-state index contributed by atoms with van der Waals surface area (Å²) in [5.41, 5.74) is 1.02. The zero-order valence-corrected chi connectivity index (χ0v) is 15.8. The number of nitrogens with one attached hydrogen (secondary N) is 1. The van der Waals surface area contributed by atoms with Crippen molar-refractivity contribution in [3.8, 4) is 0 Å². The molecule has 150 valence electrons. The second-order valence-corrected chi connectivity index (χ2v) is 8.03. The Bertz CT molecular complexity index is 854. The molecule has 1 aromatic carbocycles. The van der Waals surface area contributed by atoms with Gasteiger partial charge in [0.1, 0.15) is 6.04 Å². The Morgan fingerprint density at radius 2 is 2.07 bits per heavy atom. The van der Waals surface area contributed by atoms with E-state index in [1.54, 1.807) is 18.2 Å². The van der Waals surface area contributed by atoms with E-state index in [-0.39, 0.29) is 56.6 Å². The number of imide groups is 1. The van der Waals surface area contributed by atoms with E-state index in [0.717, 1.165) is 0 Å². The number of benzene rings is 1. The fourth-order valence-electron chi connectivity index (χ4n) is 3.28. The van der Waals surface area contributed by atoms with Crippen LogP contribution in [0, 0.1) is 0 Å². The minimum atomic E-state index is -1.43. The predicted octanol–water partition coefficient (Wildman–Crippen LogP) is 0.0465. The molecular formula is C18H20N2O7S. The van der Waals surface area contributed by atoms with Crippen LogP contribution in [-0.2, 0) is 36.5 Å². The highest BCUT2D eigenvalue weighted by atomic mass is 32.2. The highest BCUT2D eigenvalue weighted by molar-refractivity contribution is 7.85. The maximum atomic E-state index is 12.7. The number of hydrogen-bond donors (Lipinski definition) is 2. The highest BCUT2D eigenvalue weighted by Crippen LogP contribution is 2.31. The maximum absolute atomic E-state index is 12.7. The summed E-state index contributed by atoms with van der Waals surface area (Å²) in [7, 11) is -1.43. The molecule has 0 spiro atoms. The Labute approximate surface area is 163 Å². The van der Waals surface area contributed by atoms with Crippen molar-refractivity contribution < 1.29 is 33.2 Å². The Morgan fingerprint density at radius 3 is 2.79 bits per heavy atom. The van der Waals surface area contributed by atoms with E-state index in [1.165, 1.54) is 4.90 Å². The standard InChI is InChI=1S/C18H20N2O7S/c21-15-5-4-13(17(24)19-15)20-10-12-11(18(20)25)2-1-3-14(12)28(26)9-8-27-7-6-16(22)23/h1-3,13H,4-10H2,(H,22,23)(H,19,21,24). The van der Waals surface area contributed by atoms with Crippen LogP contribution < -0.4 is 5.32 Å². The molecule has 2 aliphatic heterocycles. The molecule has 9 nitrogen and oxygen atoms in total. The zero-order valence-electron chi connectivity index (χ0n) is 15.0. The first-order valence-corrected chi connectivity index (χ1v) is 10.1. The quantitative estimate of drug-likeness (QED) is 0.459. The molecule has 0 aliphatic carbocycles. The number of hydrogen-bond acceptors (Lipinski definition) is 6. The van der Waals surface area contributed by atoms with Crippen molar-refractivity contribution in [1.29, 1.82) is 0 Å². The maximum Gasteiger partial charge on any atom is 0.305 e. The van der Waals surface area contributed by atoms with Gasteiger partial charge >= 0.3 is 5.97 Å². The number of carbonyl (C=O) groups is 4. The number of amides is 3. The van der Waals surface area contributed by atoms with Gasteiger partial charge in [0.15, 0.2) is 0 Å². The lowest BCUT2D eigenvalue weighted by atomic mass is 10.0. The number of ether oxygens (including phenoxy) is 1. The minimum absolute atomic E-state index is 0.0429. The summed E-state index contributed by atoms with van der Waals surface area (Å²) in [6.45, 7) is 0.331. The first-order valence-electron chi connectivity index (χ1n) is 8.83. The van der Waals surface area contributed by atoms with E-state index >= 15 is 0 Å². The molecule has 2 N–H and O–H groups in total. The molecule has 1 aromatic rings. The lowest BCUT2D eigenvalue weighted by Crippen LogP contribution is -2.52. The van der Waals surface area contributed by atoms with Gasteiger partial charge in [-0.05, 0) is 18.6 Å². The third-order valence-corrected chi connectivity index (χ3v) is 6.07. The summed E-state index contributed by atoms with van der Waals surface area (Å²) in [5, 5.41) is 10.8. The van der Waals surface area contributed by atoms with Crippen molar-refractivity contribution >= 4 is 34.5 Å². The molecule has 2 heterocycles. The second kappa shape index (κ2) is 8.61. The minimum Gasteiger partial charge on any atom is -0.481 e. The van der Waals surface area contributed by atoms with E-state index in [9.17, 15) is 23.4 Å². The first-order chi connectivity index (χ1) is 13.4. The molecule has 1 saturated heterocycles. The van der Waals surface area contributed by atoms with Gasteiger partial charge in [-0.15, -0.1) is 0 Å². The Morgan fingerprint density at radius 1 is 1.29 bits per heavy atom. The number of carboxylic acid groups (broad SMARTS) is 1. The van der Waals surface area contributed by atoms with Crippen LogP contribution in [0.3, 0.4) is 0 Å². The average Bonchev–Trinajstić information content (AvgIpc) is 2.98. The number of aliphatic carboxylic acids is 1. The summed E-state index contributed by atoms with van der Waals surface area (Å²) < 4.78 is 17.8. The molecule has 2 atom stereocenters. The fourth-order valence-corrected chi connectivity index (χ4v) is 4.45. The smallest absolute Gasteiger partial charge is 0.305 e. The lowest BCUT2D eigenvalue weighted by Gasteiger charge is -2.29. The van der Waals surface area contributed by atoms with Crippen molar-refractivity contribution in [2.45, 2.75) is 36.7 Å². The summed E-state index contributed by atoms with van der Waals surface area (Å²) in [6, 6.07) is 4.22. The van der Waals surface area contributed by atoms with Gasteiger partial charge in [-0.1, -0.05) is 6.07 Å². The van der Waals surface area contributed by atoms with Crippen molar-refractivity contribution in [2.75, 3.05) is 19.0 Å². The van der Waals surface area contributed by atoms with Crippen LogP contribution in [0.1, 0.15) is 35.2 Å². The molecule has 2 aliphatic rings. The van der Waals surface area contributed by atoms with Crippen LogP contribution in [0.4, 0.5) is 0 Å². The van der Waals surface area contributed by atoms with Gasteiger partial charge < -0.3 is 14.7 Å². The Kier molecular flexibility index (Phi) is 6.20. The topological polar surface area (TPSA) is 130 Å². The van der Waals surface area contributed by atoms with E-state index in [0.29, 0.717) is 16.0 Å². The molecule has 0 saturated carbocycles. The molecule has 2 unspecified atom stereocenters. The van der Waals surface area contributed by atoms with Crippen LogP contribution >= 0.6 is 0 Å².